The van der Waals surface area contributed by atoms with Crippen LogP contribution in [0.3, 0.4) is 0 Å². The minimum atomic E-state index is 0.0317. The first-order chi connectivity index (χ1) is 8.85. The van der Waals surface area contributed by atoms with Crippen LogP contribution in [0.25, 0.3) is 5.69 Å². The van der Waals surface area contributed by atoms with E-state index in [2.05, 4.69) is 16.5 Å². The molecule has 0 radical (unpaired) electrons. The van der Waals surface area contributed by atoms with Crippen molar-refractivity contribution < 1.29 is 9.84 Å². The molecule has 4 nitrogen and oxygen atoms in total. The van der Waals surface area contributed by atoms with E-state index >= 15 is 0 Å². The summed E-state index contributed by atoms with van der Waals surface area (Å²) in [5.41, 5.74) is 1.08. The van der Waals surface area contributed by atoms with Gasteiger partial charge in [0.15, 0.2) is 0 Å². The van der Waals surface area contributed by atoms with E-state index in [1.54, 1.807) is 0 Å². The van der Waals surface area contributed by atoms with Crippen LogP contribution in [0.2, 0.25) is 0 Å². The van der Waals surface area contributed by atoms with E-state index < -0.39 is 0 Å². The number of hydrogen-bond donors (Lipinski definition) is 1. The van der Waals surface area contributed by atoms with Crippen molar-refractivity contribution in [2.45, 2.75) is 19.8 Å². The first-order valence-corrected chi connectivity index (χ1v) is 6.21. The van der Waals surface area contributed by atoms with Crippen LogP contribution >= 0.6 is 0 Å². The van der Waals surface area contributed by atoms with Crippen LogP contribution in [0.5, 0.6) is 5.75 Å². The molecule has 4 heteroatoms. The third-order valence-corrected chi connectivity index (χ3v) is 2.67. The molecule has 0 spiro atoms. The van der Waals surface area contributed by atoms with Crippen LogP contribution in [0.15, 0.2) is 36.7 Å². The number of ether oxygens (including phenoxy) is 1. The summed E-state index contributed by atoms with van der Waals surface area (Å²) >= 11 is 0. The van der Waals surface area contributed by atoms with Crippen LogP contribution in [-0.4, -0.2) is 27.9 Å². The number of aryl methyl sites for hydroxylation is 1. The van der Waals surface area contributed by atoms with Gasteiger partial charge in [-0.3, -0.25) is 0 Å². The quantitative estimate of drug-likeness (QED) is 0.850. The molecule has 2 rings (SSSR count). The van der Waals surface area contributed by atoms with Crippen molar-refractivity contribution in [2.24, 2.45) is 0 Å². The molecule has 1 aromatic carbocycles. The SMILES string of the molecule is CCCc1nccn1-c1ccc(OCCO)cc1. The van der Waals surface area contributed by atoms with E-state index in [0.717, 1.165) is 30.1 Å². The van der Waals surface area contributed by atoms with E-state index in [9.17, 15) is 0 Å². The molecule has 96 valence electrons. The highest BCUT2D eigenvalue weighted by atomic mass is 16.5. The van der Waals surface area contributed by atoms with Gasteiger partial charge in [0.1, 0.15) is 18.2 Å². The van der Waals surface area contributed by atoms with E-state index in [1.807, 2.05) is 36.7 Å². The molecule has 0 saturated heterocycles. The van der Waals surface area contributed by atoms with Crippen molar-refractivity contribution >= 4 is 0 Å². The molecule has 0 amide bonds. The van der Waals surface area contributed by atoms with E-state index in [0.29, 0.717) is 6.61 Å². The van der Waals surface area contributed by atoms with Gasteiger partial charge in [-0.15, -0.1) is 0 Å². The molecule has 0 aliphatic heterocycles. The molecule has 1 heterocycles. The summed E-state index contributed by atoms with van der Waals surface area (Å²) < 4.78 is 7.41. The van der Waals surface area contributed by atoms with Gasteiger partial charge < -0.3 is 14.4 Å². The van der Waals surface area contributed by atoms with Crippen LogP contribution in [0, 0.1) is 0 Å². The zero-order chi connectivity index (χ0) is 12.8. The predicted molar refractivity (Wildman–Crippen MR) is 70.1 cm³/mol. The molecule has 0 bridgehead atoms. The molecule has 0 saturated carbocycles. The fraction of sp³-hybridized carbons (Fsp3) is 0.357. The number of hydrogen-bond acceptors (Lipinski definition) is 3. The second-order valence-electron chi connectivity index (χ2n) is 4.03. The average Bonchev–Trinajstić information content (AvgIpc) is 2.86. The van der Waals surface area contributed by atoms with Gasteiger partial charge in [0, 0.05) is 24.5 Å². The topological polar surface area (TPSA) is 47.3 Å². The maximum absolute atomic E-state index is 8.69. The monoisotopic (exact) mass is 246 g/mol. The van der Waals surface area contributed by atoms with Crippen molar-refractivity contribution in [3.63, 3.8) is 0 Å². The molecule has 0 fully saturated rings. The molecule has 18 heavy (non-hydrogen) atoms. The highest BCUT2D eigenvalue weighted by Crippen LogP contribution is 2.17. The van der Waals surface area contributed by atoms with Gasteiger partial charge in [-0.25, -0.2) is 4.98 Å². The lowest BCUT2D eigenvalue weighted by atomic mass is 10.2. The van der Waals surface area contributed by atoms with Gasteiger partial charge in [0.25, 0.3) is 0 Å². The maximum atomic E-state index is 8.69. The van der Waals surface area contributed by atoms with E-state index in [-0.39, 0.29) is 6.61 Å². The third-order valence-electron chi connectivity index (χ3n) is 2.67. The number of aromatic nitrogens is 2. The van der Waals surface area contributed by atoms with Crippen LogP contribution in [0.1, 0.15) is 19.2 Å². The predicted octanol–water partition coefficient (Wildman–Crippen LogP) is 2.20. The summed E-state index contributed by atoms with van der Waals surface area (Å²) in [7, 11) is 0. The highest BCUT2D eigenvalue weighted by Gasteiger charge is 2.04. The van der Waals surface area contributed by atoms with Crippen molar-refractivity contribution in [1.82, 2.24) is 9.55 Å². The molecular formula is C14H18N2O2. The summed E-state index contributed by atoms with van der Waals surface area (Å²) in [4.78, 5) is 4.35. The Balaban J connectivity index is 2.15. The van der Waals surface area contributed by atoms with Gasteiger partial charge >= 0.3 is 0 Å². The second kappa shape index (κ2) is 6.21. The lowest BCUT2D eigenvalue weighted by molar-refractivity contribution is 0.201. The van der Waals surface area contributed by atoms with Gasteiger partial charge in [-0.1, -0.05) is 6.92 Å². The average molecular weight is 246 g/mol. The first kappa shape index (κ1) is 12.6. The molecule has 1 N–H and O–H groups in total. The van der Waals surface area contributed by atoms with Crippen LogP contribution in [-0.2, 0) is 6.42 Å². The summed E-state index contributed by atoms with van der Waals surface area (Å²) in [5.74, 6) is 1.84. The zero-order valence-electron chi connectivity index (χ0n) is 10.5. The summed E-state index contributed by atoms with van der Waals surface area (Å²) in [6, 6.07) is 7.79. The zero-order valence-corrected chi connectivity index (χ0v) is 10.5. The first-order valence-electron chi connectivity index (χ1n) is 6.21. The van der Waals surface area contributed by atoms with Crippen LogP contribution in [0.4, 0.5) is 0 Å². The molecule has 2 aromatic rings. The number of nitrogens with zero attached hydrogens (tertiary/aromatic N) is 2. The number of benzene rings is 1. The summed E-state index contributed by atoms with van der Waals surface area (Å²) in [6.07, 6.45) is 5.83. The molecule has 0 unspecified atom stereocenters. The minimum absolute atomic E-state index is 0.0317. The Morgan fingerprint density at radius 1 is 1.28 bits per heavy atom. The number of aliphatic hydroxyl groups excluding tert-OH is 1. The Hall–Kier alpha value is -1.81. The Morgan fingerprint density at radius 3 is 2.72 bits per heavy atom. The van der Waals surface area contributed by atoms with Crippen molar-refractivity contribution in [3.8, 4) is 11.4 Å². The maximum Gasteiger partial charge on any atom is 0.119 e. The summed E-state index contributed by atoms with van der Waals surface area (Å²) in [6.45, 7) is 2.50. The minimum Gasteiger partial charge on any atom is -0.491 e. The smallest absolute Gasteiger partial charge is 0.119 e. The lowest BCUT2D eigenvalue weighted by Crippen LogP contribution is -2.02. The van der Waals surface area contributed by atoms with Gasteiger partial charge in [-0.2, -0.15) is 0 Å². The lowest BCUT2D eigenvalue weighted by Gasteiger charge is -2.09. The Morgan fingerprint density at radius 2 is 2.06 bits per heavy atom. The van der Waals surface area contributed by atoms with Gasteiger partial charge in [0.2, 0.25) is 0 Å². The van der Waals surface area contributed by atoms with E-state index in [1.165, 1.54) is 0 Å². The van der Waals surface area contributed by atoms with Crippen molar-refractivity contribution in [3.05, 3.63) is 42.5 Å². The van der Waals surface area contributed by atoms with Gasteiger partial charge in [-0.05, 0) is 30.7 Å². The summed E-state index contributed by atoms with van der Waals surface area (Å²) in [5, 5.41) is 8.69. The highest BCUT2D eigenvalue weighted by molar-refractivity contribution is 5.38. The Labute approximate surface area is 107 Å². The molecule has 0 atom stereocenters. The van der Waals surface area contributed by atoms with Gasteiger partial charge in [0.05, 0.1) is 6.61 Å². The normalized spacial score (nSPS) is 10.6. The second-order valence-corrected chi connectivity index (χ2v) is 4.03. The molecule has 0 aliphatic carbocycles. The number of imidazole rings is 1. The standard InChI is InChI=1S/C14H18N2O2/c1-2-3-14-15-8-9-16(14)12-4-6-13(7-5-12)18-11-10-17/h4-9,17H,2-3,10-11H2,1H3. The molecule has 0 aliphatic rings. The van der Waals surface area contributed by atoms with Crippen molar-refractivity contribution in [1.29, 1.82) is 0 Å². The Kier molecular flexibility index (Phi) is 4.36. The molecule has 1 aromatic heterocycles. The largest absolute Gasteiger partial charge is 0.491 e. The molecular weight excluding hydrogens is 228 g/mol. The Bertz CT molecular complexity index is 477. The number of rotatable bonds is 6. The number of aliphatic hydroxyl groups is 1. The fourth-order valence-corrected chi connectivity index (χ4v) is 1.84. The third kappa shape index (κ3) is 2.90. The van der Waals surface area contributed by atoms with Crippen molar-refractivity contribution in [2.75, 3.05) is 13.2 Å². The van der Waals surface area contributed by atoms with E-state index in [4.69, 9.17) is 9.84 Å². The van der Waals surface area contributed by atoms with Crippen LogP contribution < -0.4 is 4.74 Å². The fourth-order valence-electron chi connectivity index (χ4n) is 1.84.